The Kier molecular flexibility index (Phi) is 11.5. The van der Waals surface area contributed by atoms with Gasteiger partial charge in [0.15, 0.2) is 0 Å². The summed E-state index contributed by atoms with van der Waals surface area (Å²) in [5.74, 6) is 1.50. The van der Waals surface area contributed by atoms with E-state index in [2.05, 4.69) is 25.7 Å². The van der Waals surface area contributed by atoms with Crippen LogP contribution in [0.25, 0.3) is 11.3 Å². The highest BCUT2D eigenvalue weighted by Crippen LogP contribution is 2.34. The van der Waals surface area contributed by atoms with Gasteiger partial charge in [-0.1, -0.05) is 43.7 Å². The lowest BCUT2D eigenvalue weighted by atomic mass is 10.1. The predicted molar refractivity (Wildman–Crippen MR) is 158 cm³/mol. The van der Waals surface area contributed by atoms with E-state index in [1.165, 1.54) is 12.1 Å². The van der Waals surface area contributed by atoms with E-state index in [-0.39, 0.29) is 12.1 Å². The molecule has 4 nitrogen and oxygen atoms in total. The van der Waals surface area contributed by atoms with Crippen LogP contribution in [0.3, 0.4) is 0 Å². The number of ether oxygens (including phenoxy) is 2. The highest BCUT2D eigenvalue weighted by atomic mass is 32.3. The first-order valence-electron chi connectivity index (χ1n) is 13.7. The summed E-state index contributed by atoms with van der Waals surface area (Å²) in [6.07, 6.45) is 6.56. The molecule has 1 heterocycles. The highest BCUT2D eigenvalue weighted by Gasteiger charge is 2.30. The Morgan fingerprint density at radius 3 is 2.27 bits per heavy atom. The number of rotatable bonds is 14. The zero-order valence-electron chi connectivity index (χ0n) is 23.8. The van der Waals surface area contributed by atoms with E-state index < -0.39 is 21.8 Å². The Hall–Kier alpha value is -3.00. The minimum Gasteiger partial charge on any atom is -0.484 e. The van der Waals surface area contributed by atoms with Crippen LogP contribution in [0.1, 0.15) is 62.0 Å². The maximum absolute atomic E-state index is 13.0. The monoisotopic (exact) mass is 575 g/mol. The highest BCUT2D eigenvalue weighted by molar-refractivity contribution is 8.32. The van der Waals surface area contributed by atoms with Crippen LogP contribution in [0.5, 0.6) is 5.75 Å². The fourth-order valence-electron chi connectivity index (χ4n) is 4.09. The van der Waals surface area contributed by atoms with Crippen molar-refractivity contribution in [1.29, 1.82) is 0 Å². The Bertz CT molecular complexity index is 1210. The smallest absolute Gasteiger partial charge is 0.416 e. The summed E-state index contributed by atoms with van der Waals surface area (Å²) in [5.41, 5.74) is 2.39. The third-order valence-corrected chi connectivity index (χ3v) is 7.83. The number of pyridine rings is 1. The molecule has 1 unspecified atom stereocenters. The van der Waals surface area contributed by atoms with Crippen LogP contribution in [0.4, 0.5) is 13.2 Å². The number of carbonyl (C=O) groups excluding carboxylic acids is 1. The molecule has 1 atom stereocenters. The van der Waals surface area contributed by atoms with Gasteiger partial charge in [-0.2, -0.15) is 13.2 Å². The predicted octanol–water partition coefficient (Wildman–Crippen LogP) is 8.64. The maximum Gasteiger partial charge on any atom is 0.416 e. The number of halogens is 3. The van der Waals surface area contributed by atoms with Gasteiger partial charge in [0.2, 0.25) is 0 Å². The lowest BCUT2D eigenvalue weighted by Gasteiger charge is -2.24. The fraction of sp³-hybridized carbons (Fsp3) is 0.438. The van der Waals surface area contributed by atoms with Gasteiger partial charge in [-0.05, 0) is 86.4 Å². The Labute approximate surface area is 237 Å². The summed E-state index contributed by atoms with van der Waals surface area (Å²) in [6.45, 7) is 2.60. The van der Waals surface area contributed by atoms with Crippen molar-refractivity contribution in [1.82, 2.24) is 4.98 Å². The first-order chi connectivity index (χ1) is 18.9. The molecule has 40 heavy (non-hydrogen) atoms. The van der Waals surface area contributed by atoms with Gasteiger partial charge in [-0.3, -0.25) is 4.79 Å². The number of alkyl halides is 3. The van der Waals surface area contributed by atoms with Crippen LogP contribution >= 0.6 is 10.0 Å². The van der Waals surface area contributed by atoms with Crippen molar-refractivity contribution in [2.45, 2.75) is 57.7 Å². The quantitative estimate of drug-likeness (QED) is 0.181. The molecule has 3 aromatic rings. The third-order valence-electron chi connectivity index (χ3n) is 6.44. The zero-order valence-corrected chi connectivity index (χ0v) is 24.6. The van der Waals surface area contributed by atoms with Crippen molar-refractivity contribution in [3.8, 4) is 17.0 Å². The summed E-state index contributed by atoms with van der Waals surface area (Å²) >= 11 is 0. The number of nitrogens with zero attached hydrogens (tertiary/aromatic N) is 1. The first kappa shape index (κ1) is 31.5. The van der Waals surface area contributed by atoms with Crippen LogP contribution in [-0.4, -0.2) is 42.1 Å². The number of aryl methyl sites for hydroxylation is 1. The van der Waals surface area contributed by atoms with Gasteiger partial charge in [0.05, 0.1) is 23.6 Å². The molecule has 0 amide bonds. The van der Waals surface area contributed by atoms with Crippen molar-refractivity contribution in [2.75, 3.05) is 31.1 Å². The van der Waals surface area contributed by atoms with Crippen LogP contribution in [-0.2, 0) is 22.1 Å². The second-order valence-corrected chi connectivity index (χ2v) is 15.4. The molecule has 0 aliphatic heterocycles. The zero-order chi connectivity index (χ0) is 29.2. The number of hydrogen-bond acceptors (Lipinski definition) is 4. The molecule has 1 aromatic heterocycles. The van der Waals surface area contributed by atoms with Crippen LogP contribution in [0, 0.1) is 0 Å². The average Bonchev–Trinajstić information content (AvgIpc) is 2.91. The van der Waals surface area contributed by atoms with Crippen LogP contribution in [0.2, 0.25) is 0 Å². The molecule has 8 heteroatoms. The van der Waals surface area contributed by atoms with E-state index in [4.69, 9.17) is 14.5 Å². The van der Waals surface area contributed by atoms with Gasteiger partial charge in [-0.15, -0.1) is 0 Å². The van der Waals surface area contributed by atoms with Crippen LogP contribution in [0.15, 0.2) is 66.7 Å². The van der Waals surface area contributed by atoms with E-state index in [1.807, 2.05) is 36.4 Å². The Morgan fingerprint density at radius 2 is 1.65 bits per heavy atom. The lowest BCUT2D eigenvalue weighted by molar-refractivity contribution is -0.143. The molecule has 3 rings (SSSR count). The lowest BCUT2D eigenvalue weighted by Crippen LogP contribution is -2.12. The third kappa shape index (κ3) is 10.5. The minimum absolute atomic E-state index is 0.145. The van der Waals surface area contributed by atoms with Crippen molar-refractivity contribution in [2.24, 2.45) is 0 Å². The van der Waals surface area contributed by atoms with Crippen molar-refractivity contribution in [3.63, 3.8) is 0 Å². The van der Waals surface area contributed by atoms with Gasteiger partial charge in [0, 0.05) is 17.7 Å². The van der Waals surface area contributed by atoms with Gasteiger partial charge in [0.1, 0.15) is 11.9 Å². The molecule has 0 saturated carbocycles. The molecule has 0 aliphatic carbocycles. The molecular formula is C32H40F3NO3S. The Morgan fingerprint density at radius 1 is 0.950 bits per heavy atom. The van der Waals surface area contributed by atoms with Crippen LogP contribution < -0.4 is 4.74 Å². The molecule has 0 saturated heterocycles. The molecular weight excluding hydrogens is 535 g/mol. The van der Waals surface area contributed by atoms with E-state index in [0.29, 0.717) is 24.3 Å². The maximum atomic E-state index is 13.0. The van der Waals surface area contributed by atoms with Gasteiger partial charge >= 0.3 is 12.1 Å². The molecule has 0 aliphatic rings. The SMILES string of the molecule is CCCCC(Oc1ccc(CCCC(=O)OCCS(C)(C)C)cc1)c1cccc(-c2ccc(C(F)(F)F)cc2)n1. The van der Waals surface area contributed by atoms with E-state index in [9.17, 15) is 18.0 Å². The van der Waals surface area contributed by atoms with Gasteiger partial charge < -0.3 is 9.47 Å². The molecule has 0 radical (unpaired) electrons. The summed E-state index contributed by atoms with van der Waals surface area (Å²) in [5, 5.41) is 0. The second kappa shape index (κ2) is 14.6. The van der Waals surface area contributed by atoms with E-state index in [1.54, 1.807) is 6.07 Å². The number of esters is 1. The second-order valence-electron chi connectivity index (χ2n) is 10.8. The number of aromatic nitrogens is 1. The van der Waals surface area contributed by atoms with Crippen molar-refractivity contribution in [3.05, 3.63) is 83.6 Å². The number of carbonyl (C=O) groups is 1. The van der Waals surface area contributed by atoms with E-state index in [0.717, 1.165) is 67.0 Å². The topological polar surface area (TPSA) is 48.4 Å². The Balaban J connectivity index is 1.60. The normalized spacial score (nSPS) is 13.1. The standard InChI is InChI=1S/C32H40F3NO3S/c1-5-6-12-30(29-11-8-10-28(36-29)25-16-18-26(19-17-25)32(33,34)35)39-27-20-14-24(15-21-27)9-7-13-31(37)38-22-23-40(2,3)4/h8,10-11,14-21,30H,5-7,9,12-13,22-23H2,1-4H3. The molecule has 2 aromatic carbocycles. The summed E-state index contributed by atoms with van der Waals surface area (Å²) in [4.78, 5) is 16.7. The minimum atomic E-state index is -4.37. The number of benzene rings is 2. The van der Waals surface area contributed by atoms with Gasteiger partial charge in [0.25, 0.3) is 0 Å². The summed E-state index contributed by atoms with van der Waals surface area (Å²) in [6, 6.07) is 18.5. The van der Waals surface area contributed by atoms with Crippen molar-refractivity contribution < 1.29 is 27.4 Å². The molecule has 0 bridgehead atoms. The molecule has 218 valence electrons. The van der Waals surface area contributed by atoms with Gasteiger partial charge in [-0.25, -0.2) is 15.0 Å². The fourth-order valence-corrected chi connectivity index (χ4v) is 4.68. The number of hydrogen-bond donors (Lipinski definition) is 0. The number of unbranched alkanes of at least 4 members (excludes halogenated alkanes) is 1. The average molecular weight is 576 g/mol. The van der Waals surface area contributed by atoms with E-state index >= 15 is 0 Å². The molecule has 0 spiro atoms. The van der Waals surface area contributed by atoms with Crippen molar-refractivity contribution >= 4 is 16.0 Å². The molecule has 0 fully saturated rings. The largest absolute Gasteiger partial charge is 0.484 e. The first-order valence-corrected chi connectivity index (χ1v) is 16.7. The summed E-state index contributed by atoms with van der Waals surface area (Å²) < 4.78 is 50.6. The molecule has 0 N–H and O–H groups in total. The summed E-state index contributed by atoms with van der Waals surface area (Å²) in [7, 11) is -0.668.